The smallest absolute Gasteiger partial charge is 0.319 e. The molecule has 2 rings (SSSR count). The number of piperidine rings is 1. The molecule has 2 heterocycles. The van der Waals surface area contributed by atoms with Crippen molar-refractivity contribution in [2.75, 3.05) is 26.7 Å². The van der Waals surface area contributed by atoms with Crippen LogP contribution in [0.25, 0.3) is 0 Å². The third-order valence-electron chi connectivity index (χ3n) is 3.43. The molecule has 0 amide bonds. The van der Waals surface area contributed by atoms with Gasteiger partial charge in [0, 0.05) is 18.0 Å². The highest BCUT2D eigenvalue weighted by molar-refractivity contribution is 7.13. The van der Waals surface area contributed by atoms with E-state index in [9.17, 15) is 10.1 Å². The zero-order chi connectivity index (χ0) is 13.0. The molecule has 0 atom stereocenters. The van der Waals surface area contributed by atoms with Crippen molar-refractivity contribution in [2.24, 2.45) is 5.92 Å². The predicted molar refractivity (Wildman–Crippen MR) is 72.9 cm³/mol. The van der Waals surface area contributed by atoms with Crippen LogP contribution in [-0.2, 0) is 6.54 Å². The van der Waals surface area contributed by atoms with Crippen molar-refractivity contribution in [3.05, 3.63) is 27.1 Å². The number of thiophene rings is 1. The molecule has 0 aromatic carbocycles. The Labute approximate surface area is 111 Å². The third kappa shape index (κ3) is 3.51. The number of nitrogens with one attached hydrogen (secondary N) is 1. The fourth-order valence-electron chi connectivity index (χ4n) is 2.44. The average Bonchev–Trinajstić information content (AvgIpc) is 2.81. The molecule has 1 aliphatic heterocycles. The van der Waals surface area contributed by atoms with Crippen LogP contribution in [-0.4, -0.2) is 36.5 Å². The normalized spacial score (nSPS) is 18.1. The molecule has 5 nitrogen and oxygen atoms in total. The first-order chi connectivity index (χ1) is 8.69. The molecule has 0 unspecified atom stereocenters. The molecule has 0 spiro atoms. The summed E-state index contributed by atoms with van der Waals surface area (Å²) in [7, 11) is 2.00. The Morgan fingerprint density at radius 2 is 2.28 bits per heavy atom. The van der Waals surface area contributed by atoms with Gasteiger partial charge < -0.3 is 5.32 Å². The van der Waals surface area contributed by atoms with Crippen molar-refractivity contribution >= 4 is 16.3 Å². The summed E-state index contributed by atoms with van der Waals surface area (Å²) in [5.74, 6) is 0.781. The van der Waals surface area contributed by atoms with E-state index in [1.54, 1.807) is 6.07 Å². The predicted octanol–water partition coefficient (Wildman–Crippen LogP) is 2.09. The Balaban J connectivity index is 1.82. The van der Waals surface area contributed by atoms with Gasteiger partial charge in [-0.05, 0) is 51.0 Å². The summed E-state index contributed by atoms with van der Waals surface area (Å²) in [5.41, 5.74) is 1.07. The van der Waals surface area contributed by atoms with Crippen molar-refractivity contribution in [1.29, 1.82) is 0 Å². The lowest BCUT2D eigenvalue weighted by molar-refractivity contribution is -0.380. The van der Waals surface area contributed by atoms with Crippen LogP contribution < -0.4 is 5.32 Å². The van der Waals surface area contributed by atoms with Crippen LogP contribution in [0.5, 0.6) is 0 Å². The van der Waals surface area contributed by atoms with Gasteiger partial charge in [-0.15, -0.1) is 0 Å². The van der Waals surface area contributed by atoms with Crippen LogP contribution >= 0.6 is 11.3 Å². The summed E-state index contributed by atoms with van der Waals surface area (Å²) in [4.78, 5) is 12.7. The van der Waals surface area contributed by atoms with Gasteiger partial charge in [-0.2, -0.15) is 0 Å². The van der Waals surface area contributed by atoms with Crippen molar-refractivity contribution in [3.63, 3.8) is 0 Å². The lowest BCUT2D eigenvalue weighted by Gasteiger charge is -2.31. The monoisotopic (exact) mass is 269 g/mol. The van der Waals surface area contributed by atoms with E-state index in [-0.39, 0.29) is 9.92 Å². The number of rotatable bonds is 5. The van der Waals surface area contributed by atoms with Gasteiger partial charge in [0.2, 0.25) is 0 Å². The summed E-state index contributed by atoms with van der Waals surface area (Å²) in [6.07, 6.45) is 2.43. The number of hydrogen-bond donors (Lipinski definition) is 1. The first-order valence-electron chi connectivity index (χ1n) is 6.28. The van der Waals surface area contributed by atoms with Crippen LogP contribution in [0.2, 0.25) is 0 Å². The van der Waals surface area contributed by atoms with Crippen molar-refractivity contribution < 1.29 is 4.92 Å². The van der Waals surface area contributed by atoms with Crippen molar-refractivity contribution in [2.45, 2.75) is 19.4 Å². The van der Waals surface area contributed by atoms with Crippen LogP contribution in [0, 0.1) is 16.0 Å². The van der Waals surface area contributed by atoms with Crippen LogP contribution in [0.3, 0.4) is 0 Å². The highest BCUT2D eigenvalue weighted by Gasteiger charge is 2.19. The lowest BCUT2D eigenvalue weighted by Crippen LogP contribution is -2.36. The molecule has 0 radical (unpaired) electrons. The highest BCUT2D eigenvalue weighted by atomic mass is 32.1. The molecule has 1 aromatic heterocycles. The van der Waals surface area contributed by atoms with E-state index < -0.39 is 0 Å². The molecule has 0 bridgehead atoms. The van der Waals surface area contributed by atoms with Gasteiger partial charge in [0.15, 0.2) is 0 Å². The molecular weight excluding hydrogens is 250 g/mol. The van der Waals surface area contributed by atoms with Crippen LogP contribution in [0.4, 0.5) is 5.00 Å². The summed E-state index contributed by atoms with van der Waals surface area (Å²) < 4.78 is 0. The topological polar surface area (TPSA) is 58.4 Å². The maximum Gasteiger partial charge on any atom is 0.324 e. The van der Waals surface area contributed by atoms with Gasteiger partial charge >= 0.3 is 5.00 Å². The maximum atomic E-state index is 10.6. The van der Waals surface area contributed by atoms with E-state index in [0.29, 0.717) is 0 Å². The summed E-state index contributed by atoms with van der Waals surface area (Å²) in [5, 5.41) is 16.0. The number of nitrogens with zero attached hydrogens (tertiary/aromatic N) is 2. The third-order valence-corrected chi connectivity index (χ3v) is 4.36. The van der Waals surface area contributed by atoms with Gasteiger partial charge in [-0.1, -0.05) is 11.3 Å². The fraction of sp³-hybridized carbons (Fsp3) is 0.667. The zero-order valence-corrected chi connectivity index (χ0v) is 11.4. The van der Waals surface area contributed by atoms with E-state index in [2.05, 4.69) is 10.2 Å². The first-order valence-corrected chi connectivity index (χ1v) is 7.15. The number of likely N-dealkylation sites (tertiary alicyclic amines) is 1. The second kappa shape index (κ2) is 6.26. The Morgan fingerprint density at radius 1 is 1.56 bits per heavy atom. The average molecular weight is 269 g/mol. The summed E-state index contributed by atoms with van der Waals surface area (Å²) in [6.45, 7) is 4.13. The molecule has 18 heavy (non-hydrogen) atoms. The zero-order valence-electron chi connectivity index (χ0n) is 10.6. The van der Waals surface area contributed by atoms with E-state index in [0.717, 1.165) is 37.7 Å². The summed E-state index contributed by atoms with van der Waals surface area (Å²) >= 11 is 1.22. The molecule has 1 N–H and O–H groups in total. The molecule has 0 saturated carbocycles. The highest BCUT2D eigenvalue weighted by Crippen LogP contribution is 2.25. The van der Waals surface area contributed by atoms with Crippen LogP contribution in [0.15, 0.2) is 11.4 Å². The maximum absolute atomic E-state index is 10.6. The second-order valence-corrected chi connectivity index (χ2v) is 5.72. The van der Waals surface area contributed by atoms with Crippen LogP contribution in [0.1, 0.15) is 18.4 Å². The van der Waals surface area contributed by atoms with Gasteiger partial charge in [0.1, 0.15) is 0 Å². The molecule has 1 fully saturated rings. The second-order valence-electron chi connectivity index (χ2n) is 4.83. The molecular formula is C12H19N3O2S. The van der Waals surface area contributed by atoms with Gasteiger partial charge in [0.05, 0.1) is 4.92 Å². The Morgan fingerprint density at radius 3 is 2.83 bits per heavy atom. The first kappa shape index (κ1) is 13.5. The van der Waals surface area contributed by atoms with E-state index in [1.165, 1.54) is 24.2 Å². The summed E-state index contributed by atoms with van der Waals surface area (Å²) in [6, 6.07) is 1.70. The Hall–Kier alpha value is -0.980. The molecule has 1 aromatic rings. The van der Waals surface area contributed by atoms with Gasteiger partial charge in [0.25, 0.3) is 0 Å². The Bertz CT molecular complexity index is 400. The van der Waals surface area contributed by atoms with E-state index in [4.69, 9.17) is 0 Å². The number of nitro groups is 1. The molecule has 1 saturated heterocycles. The number of hydrogen-bond acceptors (Lipinski definition) is 5. The minimum atomic E-state index is -0.312. The van der Waals surface area contributed by atoms with Gasteiger partial charge in [-0.3, -0.25) is 15.0 Å². The van der Waals surface area contributed by atoms with Crippen molar-refractivity contribution in [1.82, 2.24) is 10.2 Å². The fourth-order valence-corrected chi connectivity index (χ4v) is 3.16. The molecule has 1 aliphatic rings. The minimum Gasteiger partial charge on any atom is -0.319 e. The van der Waals surface area contributed by atoms with Crippen molar-refractivity contribution in [3.8, 4) is 0 Å². The molecule has 100 valence electrons. The largest absolute Gasteiger partial charge is 0.324 e. The standard InChI is InChI=1S/C12H19N3O2S/c1-13-7-10-2-4-14(5-3-10)8-11-6-12(15(16)17)18-9-11/h6,9-10,13H,2-5,7-8H2,1H3. The van der Waals surface area contributed by atoms with Gasteiger partial charge in [-0.25, -0.2) is 0 Å². The van der Waals surface area contributed by atoms with E-state index >= 15 is 0 Å². The molecule has 0 aliphatic carbocycles. The van der Waals surface area contributed by atoms with E-state index in [1.807, 2.05) is 12.4 Å². The Kier molecular flexibility index (Phi) is 4.68. The SMILES string of the molecule is CNCC1CCN(Cc2csc([N+](=O)[O-])c2)CC1. The quantitative estimate of drug-likeness (QED) is 0.657. The lowest BCUT2D eigenvalue weighted by atomic mass is 9.96. The minimum absolute atomic E-state index is 0.245. The molecule has 6 heteroatoms.